The van der Waals surface area contributed by atoms with Crippen LogP contribution in [0.5, 0.6) is 0 Å². The van der Waals surface area contributed by atoms with Gasteiger partial charge in [0.15, 0.2) is 5.54 Å². The molecule has 0 saturated heterocycles. The highest BCUT2D eigenvalue weighted by Crippen LogP contribution is 2.17. The van der Waals surface area contributed by atoms with Crippen LogP contribution in [-0.2, 0) is 9.53 Å². The summed E-state index contributed by atoms with van der Waals surface area (Å²) in [5.74, 6) is -1.56. The summed E-state index contributed by atoms with van der Waals surface area (Å²) in [6.07, 6.45) is 0. The summed E-state index contributed by atoms with van der Waals surface area (Å²) >= 11 is 2.07. The number of carboxylic acid groups (broad SMARTS) is 1. The fourth-order valence-corrected chi connectivity index (χ4v) is 2.19. The molecule has 5 nitrogen and oxygen atoms in total. The van der Waals surface area contributed by atoms with Gasteiger partial charge in [-0.2, -0.15) is 0 Å². The molecular formula is C13H16INO4. The summed E-state index contributed by atoms with van der Waals surface area (Å²) in [7, 11) is 1.39. The first kappa shape index (κ1) is 15.9. The van der Waals surface area contributed by atoms with E-state index in [0.717, 1.165) is 9.13 Å². The van der Waals surface area contributed by atoms with Crippen LogP contribution in [0.3, 0.4) is 0 Å². The molecule has 1 rings (SSSR count). The number of carbonyl (C=O) groups excluding carboxylic acids is 1. The Kier molecular flexibility index (Phi) is 5.30. The maximum atomic E-state index is 12.2. The number of rotatable bonds is 5. The summed E-state index contributed by atoms with van der Waals surface area (Å²) in [4.78, 5) is 23.4. The first-order valence-corrected chi connectivity index (χ1v) is 6.69. The summed E-state index contributed by atoms with van der Waals surface area (Å²) in [6.45, 7) is 3.21. The fourth-order valence-electron chi connectivity index (χ4n) is 1.58. The molecular weight excluding hydrogens is 361 g/mol. The van der Waals surface area contributed by atoms with E-state index in [0.29, 0.717) is 5.56 Å². The van der Waals surface area contributed by atoms with E-state index in [4.69, 9.17) is 4.74 Å². The summed E-state index contributed by atoms with van der Waals surface area (Å²) in [5.41, 5.74) is -0.0141. The lowest BCUT2D eigenvalue weighted by atomic mass is 10.0. The van der Waals surface area contributed by atoms with Crippen molar-refractivity contribution in [1.82, 2.24) is 5.32 Å². The van der Waals surface area contributed by atoms with Gasteiger partial charge in [0.1, 0.15) is 0 Å². The number of nitrogens with one attached hydrogen (secondary N) is 1. The monoisotopic (exact) mass is 377 g/mol. The molecule has 0 fully saturated rings. The van der Waals surface area contributed by atoms with Gasteiger partial charge in [-0.05, 0) is 48.1 Å². The van der Waals surface area contributed by atoms with Gasteiger partial charge in [0.2, 0.25) is 0 Å². The van der Waals surface area contributed by atoms with Crippen molar-refractivity contribution in [2.75, 3.05) is 13.7 Å². The van der Waals surface area contributed by atoms with E-state index in [-0.39, 0.29) is 6.61 Å². The first-order valence-electron chi connectivity index (χ1n) is 5.62. The SMILES string of the molecule is COCC(C)(NC(=O)c1cccc(C)c1I)C(=O)O. The maximum Gasteiger partial charge on any atom is 0.331 e. The van der Waals surface area contributed by atoms with Gasteiger partial charge in [-0.25, -0.2) is 4.79 Å². The predicted molar refractivity (Wildman–Crippen MR) is 79.3 cm³/mol. The van der Waals surface area contributed by atoms with Crippen molar-refractivity contribution >= 4 is 34.5 Å². The minimum absolute atomic E-state index is 0.101. The maximum absolute atomic E-state index is 12.2. The number of hydrogen-bond donors (Lipinski definition) is 2. The highest BCUT2D eigenvalue weighted by Gasteiger charge is 2.35. The van der Waals surface area contributed by atoms with Gasteiger partial charge in [-0.15, -0.1) is 0 Å². The Hall–Kier alpha value is -1.15. The molecule has 0 heterocycles. The molecule has 1 aromatic carbocycles. The summed E-state index contributed by atoms with van der Waals surface area (Å²) in [6, 6.07) is 5.32. The number of carbonyl (C=O) groups is 2. The smallest absolute Gasteiger partial charge is 0.331 e. The predicted octanol–water partition coefficient (Wildman–Crippen LogP) is 1.82. The molecule has 0 spiro atoms. The molecule has 1 unspecified atom stereocenters. The lowest BCUT2D eigenvalue weighted by Gasteiger charge is -2.25. The van der Waals surface area contributed by atoms with Crippen molar-refractivity contribution in [3.05, 3.63) is 32.9 Å². The van der Waals surface area contributed by atoms with Crippen LogP contribution in [0, 0.1) is 10.5 Å². The standard InChI is InChI=1S/C13H16INO4/c1-8-5-4-6-9(10(8)14)11(16)15-13(2,7-19-3)12(17)18/h4-6H,7H2,1-3H3,(H,15,16)(H,17,18). The normalized spacial score (nSPS) is 13.7. The van der Waals surface area contributed by atoms with Gasteiger partial charge in [0.05, 0.1) is 12.2 Å². The average molecular weight is 377 g/mol. The molecule has 6 heteroatoms. The van der Waals surface area contributed by atoms with Gasteiger partial charge in [-0.1, -0.05) is 12.1 Å². The molecule has 104 valence electrons. The van der Waals surface area contributed by atoms with Crippen LogP contribution in [0.25, 0.3) is 0 Å². The van der Waals surface area contributed by atoms with Gasteiger partial charge in [-0.3, -0.25) is 4.79 Å². The van der Waals surface area contributed by atoms with Crippen molar-refractivity contribution in [2.24, 2.45) is 0 Å². The molecule has 0 aliphatic rings. The molecule has 0 saturated carbocycles. The summed E-state index contributed by atoms with van der Waals surface area (Å²) < 4.78 is 5.67. The second-order valence-corrected chi connectivity index (χ2v) is 5.54. The van der Waals surface area contributed by atoms with E-state index in [1.165, 1.54) is 14.0 Å². The minimum Gasteiger partial charge on any atom is -0.479 e. The van der Waals surface area contributed by atoms with Crippen LogP contribution < -0.4 is 5.32 Å². The minimum atomic E-state index is -1.45. The molecule has 19 heavy (non-hydrogen) atoms. The third-order valence-electron chi connectivity index (χ3n) is 2.73. The van der Waals surface area contributed by atoms with Gasteiger partial charge in [0.25, 0.3) is 5.91 Å². The van der Waals surface area contributed by atoms with Crippen LogP contribution in [0.15, 0.2) is 18.2 Å². The number of amides is 1. The molecule has 0 aliphatic carbocycles. The zero-order valence-electron chi connectivity index (χ0n) is 11.0. The molecule has 0 radical (unpaired) electrons. The van der Waals surface area contributed by atoms with E-state index in [1.807, 2.05) is 13.0 Å². The second kappa shape index (κ2) is 6.33. The number of ether oxygens (including phenoxy) is 1. The highest BCUT2D eigenvalue weighted by atomic mass is 127. The van der Waals surface area contributed by atoms with Crippen molar-refractivity contribution in [2.45, 2.75) is 19.4 Å². The van der Waals surface area contributed by atoms with Crippen molar-refractivity contribution in [1.29, 1.82) is 0 Å². The van der Waals surface area contributed by atoms with Gasteiger partial charge < -0.3 is 15.2 Å². The number of carboxylic acids is 1. The van der Waals surface area contributed by atoms with Crippen LogP contribution in [-0.4, -0.2) is 36.2 Å². The molecule has 0 aromatic heterocycles. The number of hydrogen-bond acceptors (Lipinski definition) is 3. The lowest BCUT2D eigenvalue weighted by molar-refractivity contribution is -0.145. The van der Waals surface area contributed by atoms with E-state index in [1.54, 1.807) is 12.1 Å². The number of aliphatic carboxylic acids is 1. The molecule has 1 amide bonds. The van der Waals surface area contributed by atoms with Crippen LogP contribution in [0.4, 0.5) is 0 Å². The third-order valence-corrected chi connectivity index (χ3v) is 4.16. The Morgan fingerprint density at radius 3 is 2.63 bits per heavy atom. The number of benzene rings is 1. The Morgan fingerprint density at radius 1 is 1.47 bits per heavy atom. The fraction of sp³-hybridized carbons (Fsp3) is 0.385. The molecule has 0 bridgehead atoms. The van der Waals surface area contributed by atoms with E-state index >= 15 is 0 Å². The second-order valence-electron chi connectivity index (χ2n) is 4.46. The van der Waals surface area contributed by atoms with E-state index in [9.17, 15) is 14.7 Å². The molecule has 2 N–H and O–H groups in total. The Bertz CT molecular complexity index is 503. The van der Waals surface area contributed by atoms with E-state index < -0.39 is 17.4 Å². The van der Waals surface area contributed by atoms with E-state index in [2.05, 4.69) is 27.9 Å². The van der Waals surface area contributed by atoms with Crippen molar-refractivity contribution < 1.29 is 19.4 Å². The van der Waals surface area contributed by atoms with Crippen LogP contribution in [0.2, 0.25) is 0 Å². The Balaban J connectivity index is 3.01. The topological polar surface area (TPSA) is 75.6 Å². The number of aryl methyl sites for hydroxylation is 1. The quantitative estimate of drug-likeness (QED) is 0.768. The zero-order valence-corrected chi connectivity index (χ0v) is 13.1. The van der Waals surface area contributed by atoms with Crippen LogP contribution >= 0.6 is 22.6 Å². The molecule has 1 atom stereocenters. The average Bonchev–Trinajstić information content (AvgIpc) is 2.32. The summed E-state index contributed by atoms with van der Waals surface area (Å²) in [5, 5.41) is 11.7. The Labute approximate surface area is 125 Å². The highest BCUT2D eigenvalue weighted by molar-refractivity contribution is 14.1. The van der Waals surface area contributed by atoms with Gasteiger partial charge in [0, 0.05) is 10.7 Å². The lowest BCUT2D eigenvalue weighted by Crippen LogP contribution is -2.55. The number of halogens is 1. The molecule has 1 aromatic rings. The number of methoxy groups -OCH3 is 1. The zero-order chi connectivity index (χ0) is 14.6. The largest absolute Gasteiger partial charge is 0.479 e. The Morgan fingerprint density at radius 2 is 2.11 bits per heavy atom. The van der Waals surface area contributed by atoms with Crippen LogP contribution in [0.1, 0.15) is 22.8 Å². The van der Waals surface area contributed by atoms with Crippen molar-refractivity contribution in [3.8, 4) is 0 Å². The van der Waals surface area contributed by atoms with Gasteiger partial charge >= 0.3 is 5.97 Å². The molecule has 0 aliphatic heterocycles. The first-order chi connectivity index (χ1) is 8.81. The van der Waals surface area contributed by atoms with Crippen molar-refractivity contribution in [3.63, 3.8) is 0 Å². The third kappa shape index (κ3) is 3.66.